The van der Waals surface area contributed by atoms with E-state index in [9.17, 15) is 4.79 Å². The van der Waals surface area contributed by atoms with Crippen LogP contribution in [0.2, 0.25) is 0 Å². The number of nitrogens with zero attached hydrogens (tertiary/aromatic N) is 4. The van der Waals surface area contributed by atoms with E-state index >= 15 is 0 Å². The number of carbonyl (C=O) groups is 1. The highest BCUT2D eigenvalue weighted by Gasteiger charge is 2.49. The van der Waals surface area contributed by atoms with E-state index in [0.717, 1.165) is 28.2 Å². The van der Waals surface area contributed by atoms with E-state index in [1.807, 2.05) is 78.9 Å². The van der Waals surface area contributed by atoms with Crippen LogP contribution in [-0.4, -0.2) is 21.9 Å². The fourth-order valence-electron chi connectivity index (χ4n) is 4.03. The minimum atomic E-state index is -0.158. The number of hydrogen-bond donors (Lipinski definition) is 0. The average Bonchev–Trinajstić information content (AvgIpc) is 3.50. The van der Waals surface area contributed by atoms with E-state index < -0.39 is 0 Å². The van der Waals surface area contributed by atoms with Crippen molar-refractivity contribution in [2.45, 2.75) is 6.42 Å². The maximum atomic E-state index is 14.0. The molecule has 4 aromatic rings. The molecular formula is C26H21N4O+. The lowest BCUT2D eigenvalue weighted by molar-refractivity contribution is 0.234. The number of amides is 1. The van der Waals surface area contributed by atoms with Crippen molar-refractivity contribution in [3.05, 3.63) is 127 Å². The van der Waals surface area contributed by atoms with Crippen LogP contribution in [0.3, 0.4) is 0 Å². The summed E-state index contributed by atoms with van der Waals surface area (Å²) in [6, 6.07) is 29.8. The number of aromatic nitrogens is 2. The summed E-state index contributed by atoms with van der Waals surface area (Å²) in [4.78, 5) is 22.9. The van der Waals surface area contributed by atoms with E-state index in [4.69, 9.17) is 4.99 Å². The van der Waals surface area contributed by atoms with Gasteiger partial charge in [-0.1, -0.05) is 66.7 Å². The standard InChI is InChI=1S/C26H21N4O/c31-26(29-17-16-27-19-29)30(23-14-8-3-9-15-23)20-28-24(18-21-10-4-1-5-11-21)25(30)22-12-6-2-7-13-22/h1-17,19-20H,18H2/q+1. The van der Waals surface area contributed by atoms with Crippen molar-refractivity contribution in [3.8, 4) is 0 Å². The lowest BCUT2D eigenvalue weighted by atomic mass is 10.0. The Labute approximate surface area is 180 Å². The Bertz CT molecular complexity index is 1250. The average molecular weight is 405 g/mol. The highest BCUT2D eigenvalue weighted by atomic mass is 16.2. The molecule has 5 nitrogen and oxygen atoms in total. The zero-order valence-electron chi connectivity index (χ0n) is 16.9. The van der Waals surface area contributed by atoms with Gasteiger partial charge in [-0.15, -0.1) is 4.48 Å². The van der Waals surface area contributed by atoms with Gasteiger partial charge in [0.05, 0.1) is 0 Å². The van der Waals surface area contributed by atoms with Crippen LogP contribution in [0, 0.1) is 0 Å². The van der Waals surface area contributed by atoms with Gasteiger partial charge in [0.1, 0.15) is 12.0 Å². The SMILES string of the molecule is O=C(n1ccnc1)[N+]1(c2ccccc2)C=NC(Cc2ccccc2)=C1c1ccccc1. The topological polar surface area (TPSA) is 47.2 Å². The molecule has 0 saturated heterocycles. The van der Waals surface area contributed by atoms with E-state index in [1.165, 1.54) is 10.9 Å². The molecule has 5 heteroatoms. The van der Waals surface area contributed by atoms with Gasteiger partial charge in [-0.2, -0.15) is 0 Å². The molecule has 1 aliphatic heterocycles. The molecule has 1 unspecified atom stereocenters. The Kier molecular flexibility index (Phi) is 4.86. The lowest BCUT2D eigenvalue weighted by Gasteiger charge is -2.29. The van der Waals surface area contributed by atoms with Crippen molar-refractivity contribution >= 4 is 23.8 Å². The molecule has 0 radical (unpaired) electrons. The van der Waals surface area contributed by atoms with Gasteiger partial charge in [0.15, 0.2) is 11.4 Å². The van der Waals surface area contributed by atoms with Crippen molar-refractivity contribution in [1.82, 2.24) is 14.0 Å². The molecular weight excluding hydrogens is 384 g/mol. The molecule has 0 saturated carbocycles. The first-order valence-corrected chi connectivity index (χ1v) is 10.1. The van der Waals surface area contributed by atoms with Gasteiger partial charge in [0.25, 0.3) is 0 Å². The van der Waals surface area contributed by atoms with Crippen molar-refractivity contribution in [3.63, 3.8) is 0 Å². The summed E-state index contributed by atoms with van der Waals surface area (Å²) >= 11 is 0. The van der Waals surface area contributed by atoms with Crippen LogP contribution in [0.15, 0.2) is 120 Å². The Morgan fingerprint density at radius 1 is 0.839 bits per heavy atom. The molecule has 0 aliphatic carbocycles. The minimum Gasteiger partial charge on any atom is -0.245 e. The van der Waals surface area contributed by atoms with Crippen molar-refractivity contribution in [2.24, 2.45) is 4.99 Å². The monoisotopic (exact) mass is 405 g/mol. The van der Waals surface area contributed by atoms with Gasteiger partial charge < -0.3 is 0 Å². The predicted octanol–water partition coefficient (Wildman–Crippen LogP) is 5.51. The van der Waals surface area contributed by atoms with Crippen LogP contribution in [0.5, 0.6) is 0 Å². The molecule has 2 heterocycles. The maximum absolute atomic E-state index is 14.0. The lowest BCUT2D eigenvalue weighted by Crippen LogP contribution is -2.52. The number of allylic oxidation sites excluding steroid dienone is 1. The van der Waals surface area contributed by atoms with Crippen molar-refractivity contribution < 1.29 is 4.79 Å². The minimum absolute atomic E-state index is 0.136. The van der Waals surface area contributed by atoms with Gasteiger partial charge in [0.2, 0.25) is 6.34 Å². The number of para-hydroxylation sites is 1. The normalized spacial score (nSPS) is 17.8. The number of quaternary nitrogens is 1. The predicted molar refractivity (Wildman–Crippen MR) is 123 cm³/mol. The Morgan fingerprint density at radius 3 is 2.13 bits per heavy atom. The largest absolute Gasteiger partial charge is 0.444 e. The van der Waals surface area contributed by atoms with E-state index in [-0.39, 0.29) is 10.5 Å². The fraction of sp³-hybridized carbons (Fsp3) is 0.0385. The molecule has 150 valence electrons. The quantitative estimate of drug-likeness (QED) is 0.420. The number of hydrogen-bond acceptors (Lipinski definition) is 3. The third kappa shape index (κ3) is 3.31. The summed E-state index contributed by atoms with van der Waals surface area (Å²) in [6.45, 7) is 0. The maximum Gasteiger partial charge on any atom is 0.444 e. The smallest absolute Gasteiger partial charge is 0.245 e. The van der Waals surface area contributed by atoms with Gasteiger partial charge >= 0.3 is 6.03 Å². The van der Waals surface area contributed by atoms with E-state index in [0.29, 0.717) is 6.42 Å². The Hall–Kier alpha value is -4.09. The number of carbonyl (C=O) groups excluding carboxylic acids is 1. The number of benzene rings is 3. The van der Waals surface area contributed by atoms with Crippen LogP contribution < -0.4 is 4.48 Å². The van der Waals surface area contributed by atoms with Crippen LogP contribution >= 0.6 is 0 Å². The van der Waals surface area contributed by atoms with Crippen LogP contribution in [0.25, 0.3) is 5.70 Å². The number of imidazole rings is 1. The second kappa shape index (κ2) is 7.97. The van der Waals surface area contributed by atoms with Crippen molar-refractivity contribution in [1.29, 1.82) is 0 Å². The van der Waals surface area contributed by atoms with Crippen molar-refractivity contribution in [2.75, 3.05) is 0 Å². The van der Waals surface area contributed by atoms with Gasteiger partial charge in [-0.3, -0.25) is 0 Å². The third-order valence-electron chi connectivity index (χ3n) is 5.46. The molecule has 1 amide bonds. The second-order valence-electron chi connectivity index (χ2n) is 7.38. The van der Waals surface area contributed by atoms with Crippen LogP contribution in [-0.2, 0) is 6.42 Å². The molecule has 1 aliphatic rings. The molecule has 0 fully saturated rings. The third-order valence-corrected chi connectivity index (χ3v) is 5.46. The summed E-state index contributed by atoms with van der Waals surface area (Å²) in [5, 5.41) is 0. The molecule has 0 N–H and O–H groups in total. The highest BCUT2D eigenvalue weighted by molar-refractivity contribution is 6.15. The summed E-state index contributed by atoms with van der Waals surface area (Å²) < 4.78 is 1.39. The molecule has 0 bridgehead atoms. The molecule has 1 atom stereocenters. The fourth-order valence-corrected chi connectivity index (χ4v) is 4.03. The van der Waals surface area contributed by atoms with Gasteiger partial charge in [-0.25, -0.2) is 19.3 Å². The second-order valence-corrected chi connectivity index (χ2v) is 7.38. The van der Waals surface area contributed by atoms with E-state index in [2.05, 4.69) is 17.1 Å². The zero-order valence-corrected chi connectivity index (χ0v) is 16.9. The van der Waals surface area contributed by atoms with Gasteiger partial charge in [0, 0.05) is 36.5 Å². The molecule has 1 aromatic heterocycles. The molecule has 0 spiro atoms. The summed E-state index contributed by atoms with van der Waals surface area (Å²) in [6.07, 6.45) is 7.21. The molecule has 3 aromatic carbocycles. The first-order chi connectivity index (χ1) is 15.3. The Morgan fingerprint density at radius 2 is 1.48 bits per heavy atom. The summed E-state index contributed by atoms with van der Waals surface area (Å²) in [5.41, 5.74) is 4.66. The zero-order chi connectivity index (χ0) is 21.1. The first-order valence-electron chi connectivity index (χ1n) is 10.1. The first kappa shape index (κ1) is 18.9. The van der Waals surface area contributed by atoms with E-state index in [1.54, 1.807) is 18.7 Å². The number of rotatable bonds is 4. The Balaban J connectivity index is 1.76. The summed E-state index contributed by atoms with van der Waals surface area (Å²) in [7, 11) is 0. The van der Waals surface area contributed by atoms with Crippen LogP contribution in [0.4, 0.5) is 10.5 Å². The number of aliphatic imine (C=N–C) groups is 1. The molecule has 5 rings (SSSR count). The summed E-state index contributed by atoms with van der Waals surface area (Å²) in [5.74, 6) is 0. The van der Waals surface area contributed by atoms with Crippen LogP contribution in [0.1, 0.15) is 11.1 Å². The molecule has 31 heavy (non-hydrogen) atoms. The van der Waals surface area contributed by atoms with Gasteiger partial charge in [-0.05, 0) is 17.7 Å². The highest BCUT2D eigenvalue weighted by Crippen LogP contribution is 2.41.